The zero-order chi connectivity index (χ0) is 16.8. The summed E-state index contributed by atoms with van der Waals surface area (Å²) in [5, 5.41) is 6.53. The molecule has 0 amide bonds. The molecule has 3 rings (SSSR count). The maximum atomic E-state index is 5.77. The predicted octanol–water partition coefficient (Wildman–Crippen LogP) is 2.45. The van der Waals surface area contributed by atoms with Gasteiger partial charge in [0.05, 0.1) is 18.4 Å². The smallest absolute Gasteiger partial charge is 0.140 e. The summed E-state index contributed by atoms with van der Waals surface area (Å²) in [5.41, 5.74) is 2.30. The van der Waals surface area contributed by atoms with Crippen molar-refractivity contribution < 1.29 is 9.47 Å². The van der Waals surface area contributed by atoms with E-state index >= 15 is 0 Å². The number of aromatic nitrogens is 1. The summed E-state index contributed by atoms with van der Waals surface area (Å²) in [6.07, 6.45) is 0.270. The monoisotopic (exact) mass is 347 g/mol. The molecule has 1 saturated heterocycles. The lowest BCUT2D eigenvalue weighted by molar-refractivity contribution is -0.0182. The number of morpholine rings is 1. The molecule has 0 radical (unpaired) electrons. The SMILES string of the molecule is Cc1ccc(OCc2nc(CNC[C@@H]3CN(C)CCO3)cs2)cc1. The number of likely N-dealkylation sites (N-methyl/N-ethyl adjacent to an activating group) is 1. The van der Waals surface area contributed by atoms with Crippen LogP contribution < -0.4 is 10.1 Å². The van der Waals surface area contributed by atoms with Gasteiger partial charge in [-0.25, -0.2) is 4.98 Å². The second-order valence-corrected chi connectivity index (χ2v) is 7.16. The first-order valence-corrected chi connectivity index (χ1v) is 9.20. The molecule has 6 heteroatoms. The normalized spacial score (nSPS) is 18.7. The first kappa shape index (κ1) is 17.4. The highest BCUT2D eigenvalue weighted by molar-refractivity contribution is 7.09. The van der Waals surface area contributed by atoms with E-state index in [1.54, 1.807) is 11.3 Å². The van der Waals surface area contributed by atoms with Crippen molar-refractivity contribution >= 4 is 11.3 Å². The predicted molar refractivity (Wildman–Crippen MR) is 96.6 cm³/mol. The van der Waals surface area contributed by atoms with Crippen LogP contribution in [0.15, 0.2) is 29.6 Å². The van der Waals surface area contributed by atoms with Gasteiger partial charge in [-0.2, -0.15) is 0 Å². The molecule has 24 heavy (non-hydrogen) atoms. The molecule has 0 unspecified atom stereocenters. The van der Waals surface area contributed by atoms with Gasteiger partial charge in [-0.05, 0) is 26.1 Å². The first-order chi connectivity index (χ1) is 11.7. The topological polar surface area (TPSA) is 46.6 Å². The van der Waals surface area contributed by atoms with Crippen LogP contribution in [0.25, 0.3) is 0 Å². The van der Waals surface area contributed by atoms with Crippen LogP contribution >= 0.6 is 11.3 Å². The van der Waals surface area contributed by atoms with Crippen molar-refractivity contribution in [2.24, 2.45) is 0 Å². The van der Waals surface area contributed by atoms with Crippen LogP contribution in [0.5, 0.6) is 5.75 Å². The number of benzene rings is 1. The van der Waals surface area contributed by atoms with E-state index < -0.39 is 0 Å². The van der Waals surface area contributed by atoms with Gasteiger partial charge in [-0.1, -0.05) is 17.7 Å². The minimum Gasteiger partial charge on any atom is -0.486 e. The number of nitrogens with one attached hydrogen (secondary N) is 1. The third-order valence-corrected chi connectivity index (χ3v) is 4.87. The molecule has 2 heterocycles. The van der Waals surface area contributed by atoms with Crippen molar-refractivity contribution in [3.05, 3.63) is 45.9 Å². The second kappa shape index (κ2) is 8.58. The number of rotatable bonds is 7. The zero-order valence-corrected chi connectivity index (χ0v) is 15.1. The molecule has 2 aromatic rings. The van der Waals surface area contributed by atoms with Crippen LogP contribution in [0.4, 0.5) is 0 Å². The second-order valence-electron chi connectivity index (χ2n) is 6.22. The number of hydrogen-bond acceptors (Lipinski definition) is 6. The summed E-state index contributed by atoms with van der Waals surface area (Å²) in [7, 11) is 2.14. The molecule has 1 aliphatic rings. The van der Waals surface area contributed by atoms with Crippen molar-refractivity contribution in [3.63, 3.8) is 0 Å². The fourth-order valence-electron chi connectivity index (χ4n) is 2.63. The minimum absolute atomic E-state index is 0.270. The molecular formula is C18H25N3O2S. The third kappa shape index (κ3) is 5.27. The lowest BCUT2D eigenvalue weighted by Crippen LogP contribution is -2.44. The standard InChI is InChI=1S/C18H25N3O2S/c1-14-3-5-16(6-4-14)23-12-18-20-15(13-24-18)9-19-10-17-11-21(2)7-8-22-17/h3-6,13,17,19H,7-12H2,1-2H3/t17-/m1/s1. The summed E-state index contributed by atoms with van der Waals surface area (Å²) in [4.78, 5) is 6.93. The van der Waals surface area contributed by atoms with E-state index in [2.05, 4.69) is 46.7 Å². The number of aryl methyl sites for hydroxylation is 1. The molecule has 130 valence electrons. The molecule has 0 saturated carbocycles. The molecule has 1 fully saturated rings. The quantitative estimate of drug-likeness (QED) is 0.834. The van der Waals surface area contributed by atoms with Crippen LogP contribution in [0.2, 0.25) is 0 Å². The van der Waals surface area contributed by atoms with Gasteiger partial charge in [0.1, 0.15) is 17.4 Å². The van der Waals surface area contributed by atoms with Gasteiger partial charge in [0.15, 0.2) is 0 Å². The van der Waals surface area contributed by atoms with Gasteiger partial charge in [0, 0.05) is 31.6 Å². The number of thiazole rings is 1. The highest BCUT2D eigenvalue weighted by Crippen LogP contribution is 2.16. The third-order valence-electron chi connectivity index (χ3n) is 4.00. The van der Waals surface area contributed by atoms with Crippen LogP contribution in [0, 0.1) is 6.92 Å². The summed E-state index contributed by atoms with van der Waals surface area (Å²) >= 11 is 1.64. The van der Waals surface area contributed by atoms with Crippen LogP contribution in [-0.4, -0.2) is 49.3 Å². The average molecular weight is 347 g/mol. The fourth-order valence-corrected chi connectivity index (χ4v) is 3.33. The summed E-state index contributed by atoms with van der Waals surface area (Å²) < 4.78 is 11.5. The molecule has 5 nitrogen and oxygen atoms in total. The zero-order valence-electron chi connectivity index (χ0n) is 14.3. The molecule has 0 spiro atoms. The van der Waals surface area contributed by atoms with E-state index in [0.29, 0.717) is 6.61 Å². The van der Waals surface area contributed by atoms with Crippen LogP contribution in [0.1, 0.15) is 16.3 Å². The highest BCUT2D eigenvalue weighted by atomic mass is 32.1. The van der Waals surface area contributed by atoms with Gasteiger partial charge in [-0.15, -0.1) is 11.3 Å². The maximum Gasteiger partial charge on any atom is 0.140 e. The molecule has 0 aliphatic carbocycles. The number of nitrogens with zero attached hydrogens (tertiary/aromatic N) is 2. The Kier molecular flexibility index (Phi) is 6.20. The Morgan fingerprint density at radius 1 is 1.38 bits per heavy atom. The van der Waals surface area contributed by atoms with E-state index in [1.807, 2.05) is 12.1 Å². The van der Waals surface area contributed by atoms with E-state index in [4.69, 9.17) is 9.47 Å². The highest BCUT2D eigenvalue weighted by Gasteiger charge is 2.17. The lowest BCUT2D eigenvalue weighted by atomic mass is 10.2. The van der Waals surface area contributed by atoms with E-state index in [1.165, 1.54) is 5.56 Å². The van der Waals surface area contributed by atoms with Crippen molar-refractivity contribution in [2.75, 3.05) is 33.3 Å². The van der Waals surface area contributed by atoms with Crippen molar-refractivity contribution in [1.82, 2.24) is 15.2 Å². The first-order valence-electron chi connectivity index (χ1n) is 8.32. The molecule has 1 aromatic carbocycles. The fraction of sp³-hybridized carbons (Fsp3) is 0.500. The van der Waals surface area contributed by atoms with Crippen molar-refractivity contribution in [3.8, 4) is 5.75 Å². The Labute approximate surface area is 147 Å². The van der Waals surface area contributed by atoms with Gasteiger partial charge in [-0.3, -0.25) is 0 Å². The molecule has 1 N–H and O–H groups in total. The van der Waals surface area contributed by atoms with E-state index in [0.717, 1.165) is 49.2 Å². The summed E-state index contributed by atoms with van der Waals surface area (Å²) in [6.45, 7) is 7.04. The van der Waals surface area contributed by atoms with Crippen LogP contribution in [0.3, 0.4) is 0 Å². The van der Waals surface area contributed by atoms with Gasteiger partial charge in [0.25, 0.3) is 0 Å². The number of ether oxygens (including phenoxy) is 2. The van der Waals surface area contributed by atoms with E-state index in [-0.39, 0.29) is 6.10 Å². The minimum atomic E-state index is 0.270. The number of hydrogen-bond donors (Lipinski definition) is 1. The molecule has 1 atom stereocenters. The Hall–Kier alpha value is -1.47. The maximum absolute atomic E-state index is 5.77. The largest absolute Gasteiger partial charge is 0.486 e. The Bertz CT molecular complexity index is 629. The van der Waals surface area contributed by atoms with Crippen LogP contribution in [-0.2, 0) is 17.9 Å². The summed E-state index contributed by atoms with van der Waals surface area (Å²) in [5.74, 6) is 0.883. The summed E-state index contributed by atoms with van der Waals surface area (Å²) in [6, 6.07) is 8.09. The van der Waals surface area contributed by atoms with E-state index in [9.17, 15) is 0 Å². The molecular weight excluding hydrogens is 322 g/mol. The molecule has 0 bridgehead atoms. The lowest BCUT2D eigenvalue weighted by Gasteiger charge is -2.30. The Balaban J connectivity index is 1.39. The van der Waals surface area contributed by atoms with Crippen molar-refractivity contribution in [2.45, 2.75) is 26.2 Å². The van der Waals surface area contributed by atoms with Crippen molar-refractivity contribution in [1.29, 1.82) is 0 Å². The van der Waals surface area contributed by atoms with Gasteiger partial charge in [0.2, 0.25) is 0 Å². The average Bonchev–Trinajstić information content (AvgIpc) is 3.02. The molecule has 1 aliphatic heterocycles. The Morgan fingerprint density at radius 2 is 2.21 bits per heavy atom. The van der Waals surface area contributed by atoms with Gasteiger partial charge < -0.3 is 19.7 Å². The Morgan fingerprint density at radius 3 is 3.00 bits per heavy atom. The van der Waals surface area contributed by atoms with Gasteiger partial charge >= 0.3 is 0 Å². The molecule has 1 aromatic heterocycles.